The zero-order chi connectivity index (χ0) is 30.9. The van der Waals surface area contributed by atoms with Gasteiger partial charge in [-0.15, -0.1) is 0 Å². The van der Waals surface area contributed by atoms with Crippen molar-refractivity contribution in [1.29, 1.82) is 0 Å². The standard InChI is InChI=1S/C37H66O3Si2/c1-10-41(11-2,12-3)39-33-26-32(30(9)37(27-33)40-42(13-4,14-5)15-6)23-22-31-20-17-21-36-34(24-25-35(31)36)28(7)18-16-19-29(8)38/h22-23,28,33-37H,9-21,24-27H2,1-8H3/b31-22+,32-23-/t28-,33-,34-,35+,36-,37+/m1/s1. The molecule has 3 fully saturated rings. The Balaban J connectivity index is 1.83. The van der Waals surface area contributed by atoms with E-state index in [1.807, 2.05) is 0 Å². The average Bonchev–Trinajstić information content (AvgIpc) is 3.44. The van der Waals surface area contributed by atoms with Crippen LogP contribution in [0, 0.1) is 23.7 Å². The van der Waals surface area contributed by atoms with Gasteiger partial charge in [0.25, 0.3) is 0 Å². The first-order chi connectivity index (χ1) is 20.1. The van der Waals surface area contributed by atoms with Crippen LogP contribution in [0.5, 0.6) is 0 Å². The Morgan fingerprint density at radius 2 is 1.55 bits per heavy atom. The highest BCUT2D eigenvalue weighted by atomic mass is 28.4. The number of hydrogen-bond donors (Lipinski definition) is 0. The molecule has 0 heterocycles. The summed E-state index contributed by atoms with van der Waals surface area (Å²) >= 11 is 0. The summed E-state index contributed by atoms with van der Waals surface area (Å²) < 4.78 is 14.3. The van der Waals surface area contributed by atoms with Crippen LogP contribution < -0.4 is 0 Å². The molecule has 5 heteroatoms. The van der Waals surface area contributed by atoms with Gasteiger partial charge >= 0.3 is 0 Å². The smallest absolute Gasteiger partial charge is 0.192 e. The lowest BCUT2D eigenvalue weighted by atomic mass is 9.71. The second-order valence-corrected chi connectivity index (χ2v) is 23.7. The van der Waals surface area contributed by atoms with E-state index in [9.17, 15) is 4.79 Å². The number of rotatable bonds is 16. The Morgan fingerprint density at radius 1 is 0.929 bits per heavy atom. The summed E-state index contributed by atoms with van der Waals surface area (Å²) in [6, 6.07) is 7.11. The molecular weight excluding hydrogens is 549 g/mol. The predicted molar refractivity (Wildman–Crippen MR) is 186 cm³/mol. The first-order valence-corrected chi connectivity index (χ1v) is 23.1. The number of allylic oxidation sites excluding steroid dienone is 3. The largest absolute Gasteiger partial charge is 0.413 e. The molecule has 240 valence electrons. The summed E-state index contributed by atoms with van der Waals surface area (Å²) in [5.41, 5.74) is 4.30. The molecule has 0 aromatic heterocycles. The number of carbonyl (C=O) groups is 1. The topological polar surface area (TPSA) is 35.5 Å². The zero-order valence-electron chi connectivity index (χ0n) is 28.9. The second-order valence-electron chi connectivity index (χ2n) is 14.2. The van der Waals surface area contributed by atoms with Crippen molar-refractivity contribution in [3.63, 3.8) is 0 Å². The van der Waals surface area contributed by atoms with Crippen molar-refractivity contribution in [2.45, 2.75) is 168 Å². The molecular formula is C37H66O3Si2. The van der Waals surface area contributed by atoms with Crippen molar-refractivity contribution >= 4 is 22.4 Å². The van der Waals surface area contributed by atoms with Gasteiger partial charge in [-0.3, -0.25) is 0 Å². The number of Topliss-reactive ketones (excluding diaryl/α,β-unsaturated/α-hetero) is 1. The van der Waals surface area contributed by atoms with Gasteiger partial charge in [-0.25, -0.2) is 0 Å². The maximum Gasteiger partial charge on any atom is 0.192 e. The maximum absolute atomic E-state index is 11.5. The normalized spacial score (nSPS) is 29.7. The molecule has 0 spiro atoms. The average molecular weight is 615 g/mol. The van der Waals surface area contributed by atoms with Crippen molar-refractivity contribution in [1.82, 2.24) is 0 Å². The Labute approximate surface area is 262 Å². The van der Waals surface area contributed by atoms with Gasteiger partial charge in [0, 0.05) is 12.8 Å². The van der Waals surface area contributed by atoms with Gasteiger partial charge in [-0.05, 0) is 123 Å². The highest BCUT2D eigenvalue weighted by molar-refractivity contribution is 6.74. The molecule has 0 N–H and O–H groups in total. The number of fused-ring (bicyclic) bond motifs is 1. The van der Waals surface area contributed by atoms with E-state index in [4.69, 9.17) is 15.4 Å². The molecule has 3 nitrogen and oxygen atoms in total. The first-order valence-electron chi connectivity index (χ1n) is 18.0. The van der Waals surface area contributed by atoms with E-state index in [0.717, 1.165) is 49.4 Å². The lowest BCUT2D eigenvalue weighted by molar-refractivity contribution is -0.117. The fourth-order valence-corrected chi connectivity index (χ4v) is 14.5. The van der Waals surface area contributed by atoms with Crippen molar-refractivity contribution in [2.75, 3.05) is 0 Å². The first kappa shape index (κ1) is 35.7. The third kappa shape index (κ3) is 8.70. The van der Waals surface area contributed by atoms with E-state index < -0.39 is 16.6 Å². The van der Waals surface area contributed by atoms with Gasteiger partial charge in [-0.1, -0.05) is 79.2 Å². The predicted octanol–water partition coefficient (Wildman–Crippen LogP) is 11.2. The second kappa shape index (κ2) is 16.5. The summed E-state index contributed by atoms with van der Waals surface area (Å²) in [5.74, 6) is 3.46. The van der Waals surface area contributed by atoms with Gasteiger partial charge < -0.3 is 13.6 Å². The van der Waals surface area contributed by atoms with Crippen LogP contribution in [0.25, 0.3) is 0 Å². The molecule has 3 aliphatic carbocycles. The highest BCUT2D eigenvalue weighted by Crippen LogP contribution is 2.51. The van der Waals surface area contributed by atoms with E-state index in [1.165, 1.54) is 85.9 Å². The Hall–Kier alpha value is -0.756. The summed E-state index contributed by atoms with van der Waals surface area (Å²) in [5, 5.41) is 0. The van der Waals surface area contributed by atoms with Gasteiger partial charge in [0.15, 0.2) is 16.6 Å². The van der Waals surface area contributed by atoms with E-state index in [1.54, 1.807) is 12.5 Å². The van der Waals surface area contributed by atoms with E-state index in [0.29, 0.717) is 5.78 Å². The molecule has 0 amide bonds. The maximum atomic E-state index is 11.5. The van der Waals surface area contributed by atoms with Crippen molar-refractivity contribution in [3.05, 3.63) is 35.5 Å². The molecule has 0 aromatic rings. The van der Waals surface area contributed by atoms with Gasteiger partial charge in [0.2, 0.25) is 0 Å². The third-order valence-electron chi connectivity index (χ3n) is 12.2. The fraction of sp³-hybridized carbons (Fsp3) is 0.811. The zero-order valence-corrected chi connectivity index (χ0v) is 30.9. The van der Waals surface area contributed by atoms with E-state index in [2.05, 4.69) is 60.6 Å². The van der Waals surface area contributed by atoms with E-state index in [-0.39, 0.29) is 12.2 Å². The molecule has 0 aromatic carbocycles. The summed E-state index contributed by atoms with van der Waals surface area (Å²) in [4.78, 5) is 11.5. The third-order valence-corrected chi connectivity index (χ3v) is 21.5. The summed E-state index contributed by atoms with van der Waals surface area (Å²) in [6.07, 6.45) is 17.0. The molecule has 0 unspecified atom stereocenters. The molecule has 0 aliphatic heterocycles. The van der Waals surface area contributed by atoms with Crippen LogP contribution in [0.15, 0.2) is 35.5 Å². The van der Waals surface area contributed by atoms with Crippen molar-refractivity contribution in [3.8, 4) is 0 Å². The van der Waals surface area contributed by atoms with Crippen molar-refractivity contribution < 1.29 is 13.6 Å². The van der Waals surface area contributed by atoms with Crippen LogP contribution >= 0.6 is 0 Å². The van der Waals surface area contributed by atoms with Crippen LogP contribution in [-0.2, 0) is 13.6 Å². The van der Waals surface area contributed by atoms with E-state index >= 15 is 0 Å². The summed E-state index contributed by atoms with van der Waals surface area (Å²) in [6.45, 7) is 22.9. The SMILES string of the molecule is C=C1/C(=C\C=C2/CCC[C@@H]3[C@@H]([C@H](C)CCCC(C)=O)CC[C@@H]23)C[C@@H](O[Si](CC)(CC)CC)C[C@@H]1O[Si](CC)(CC)CC. The highest BCUT2D eigenvalue weighted by Gasteiger charge is 2.42. The molecule has 0 bridgehead atoms. The molecule has 42 heavy (non-hydrogen) atoms. The van der Waals surface area contributed by atoms with Crippen molar-refractivity contribution in [2.24, 2.45) is 23.7 Å². The van der Waals surface area contributed by atoms with Gasteiger partial charge in [0.1, 0.15) is 5.78 Å². The lowest BCUT2D eigenvalue weighted by Crippen LogP contribution is -2.46. The monoisotopic (exact) mass is 614 g/mol. The lowest BCUT2D eigenvalue weighted by Gasteiger charge is -2.42. The molecule has 0 saturated heterocycles. The van der Waals surface area contributed by atoms with Crippen LogP contribution in [0.4, 0.5) is 0 Å². The van der Waals surface area contributed by atoms with Crippen LogP contribution in [0.2, 0.25) is 36.3 Å². The van der Waals surface area contributed by atoms with Crippen LogP contribution in [0.1, 0.15) is 120 Å². The Bertz CT molecular complexity index is 928. The molecule has 3 rings (SSSR count). The minimum absolute atomic E-state index is 0.100. The Morgan fingerprint density at radius 3 is 2.14 bits per heavy atom. The molecule has 0 radical (unpaired) electrons. The van der Waals surface area contributed by atoms with Gasteiger partial charge in [-0.2, -0.15) is 0 Å². The van der Waals surface area contributed by atoms with Crippen LogP contribution in [0.3, 0.4) is 0 Å². The van der Waals surface area contributed by atoms with Crippen LogP contribution in [-0.4, -0.2) is 34.6 Å². The number of hydrogen-bond acceptors (Lipinski definition) is 3. The minimum Gasteiger partial charge on any atom is -0.413 e. The summed E-state index contributed by atoms with van der Waals surface area (Å²) in [7, 11) is -3.48. The molecule has 6 atom stereocenters. The van der Waals surface area contributed by atoms with Gasteiger partial charge in [0.05, 0.1) is 12.2 Å². The molecule has 3 aliphatic rings. The Kier molecular flexibility index (Phi) is 14.1. The number of ketones is 1. The quantitative estimate of drug-likeness (QED) is 0.162. The fourth-order valence-electron chi connectivity index (χ4n) is 8.80. The number of carbonyl (C=O) groups excluding carboxylic acids is 1. The molecule has 3 saturated carbocycles. The minimum atomic E-state index is -1.76.